The first-order chi connectivity index (χ1) is 15.6. The summed E-state index contributed by atoms with van der Waals surface area (Å²) in [6.45, 7) is 6.41. The van der Waals surface area contributed by atoms with Gasteiger partial charge in [0.1, 0.15) is 12.3 Å². The number of nitrogens with one attached hydrogen (secondary N) is 3. The average molecular weight is 568 g/mol. The van der Waals surface area contributed by atoms with Crippen LogP contribution in [0.3, 0.4) is 0 Å². The minimum Gasteiger partial charge on any atom is -0.496 e. The predicted octanol–water partition coefficient (Wildman–Crippen LogP) is 3.52. The highest BCUT2D eigenvalue weighted by atomic mass is 127. The molecule has 0 saturated carbocycles. The Labute approximate surface area is 212 Å². The number of ether oxygens (including phenoxy) is 3. The van der Waals surface area contributed by atoms with E-state index in [1.807, 2.05) is 37.3 Å². The van der Waals surface area contributed by atoms with Crippen molar-refractivity contribution in [3.05, 3.63) is 47.5 Å². The summed E-state index contributed by atoms with van der Waals surface area (Å²) >= 11 is 0. The Balaban J connectivity index is 0.00000385. The second-order valence-electron chi connectivity index (χ2n) is 7.45. The molecule has 0 aliphatic carbocycles. The molecule has 0 atom stereocenters. The van der Waals surface area contributed by atoms with E-state index in [1.165, 1.54) is 5.56 Å². The lowest BCUT2D eigenvalue weighted by Gasteiger charge is -2.15. The quantitative estimate of drug-likeness (QED) is 0.257. The molecule has 0 unspecified atom stereocenters. The van der Waals surface area contributed by atoms with Crippen LogP contribution in [-0.4, -0.2) is 51.8 Å². The standard InChI is InChI=1S/C24H32N4O4.HI/c1-4-25-23(29)16-27-24(26-11-10-18-14-17(2)6-8-20(18)30-3)28-19-7-9-21-22(15-19)32-13-5-12-31-21;/h6-9,14-15H,4-5,10-13,16H2,1-3H3,(H,25,29)(H2,26,27,28);1H. The number of aryl methyl sites for hydroxylation is 1. The Kier molecular flexibility index (Phi) is 11.1. The van der Waals surface area contributed by atoms with Crippen LogP contribution in [0.4, 0.5) is 5.69 Å². The average Bonchev–Trinajstić information content (AvgIpc) is 3.03. The molecule has 1 aliphatic rings. The van der Waals surface area contributed by atoms with Crippen LogP contribution in [0.15, 0.2) is 41.4 Å². The summed E-state index contributed by atoms with van der Waals surface area (Å²) < 4.78 is 16.9. The van der Waals surface area contributed by atoms with Crippen molar-refractivity contribution in [2.75, 3.05) is 45.3 Å². The van der Waals surface area contributed by atoms with Gasteiger partial charge in [-0.2, -0.15) is 0 Å². The first-order valence-electron chi connectivity index (χ1n) is 10.9. The van der Waals surface area contributed by atoms with Crippen molar-refractivity contribution in [2.24, 2.45) is 4.99 Å². The van der Waals surface area contributed by atoms with Crippen LogP contribution >= 0.6 is 24.0 Å². The lowest BCUT2D eigenvalue weighted by atomic mass is 10.1. The minimum absolute atomic E-state index is 0. The third kappa shape index (κ3) is 8.30. The molecule has 0 saturated heterocycles. The van der Waals surface area contributed by atoms with Gasteiger partial charge in [0.2, 0.25) is 5.91 Å². The molecule has 0 aromatic heterocycles. The Morgan fingerprint density at radius 1 is 1.09 bits per heavy atom. The summed E-state index contributed by atoms with van der Waals surface area (Å²) in [5.41, 5.74) is 3.08. The van der Waals surface area contributed by atoms with E-state index in [4.69, 9.17) is 14.2 Å². The number of hydrogen-bond donors (Lipinski definition) is 3. The molecule has 1 heterocycles. The number of anilines is 1. The van der Waals surface area contributed by atoms with Gasteiger partial charge in [0.05, 0.1) is 20.3 Å². The lowest BCUT2D eigenvalue weighted by Crippen LogP contribution is -2.34. The van der Waals surface area contributed by atoms with Gasteiger partial charge in [0, 0.05) is 31.3 Å². The van der Waals surface area contributed by atoms with Gasteiger partial charge in [-0.25, -0.2) is 4.99 Å². The van der Waals surface area contributed by atoms with E-state index in [-0.39, 0.29) is 36.4 Å². The van der Waals surface area contributed by atoms with Gasteiger partial charge in [-0.3, -0.25) is 4.79 Å². The third-order valence-electron chi connectivity index (χ3n) is 4.89. The fourth-order valence-corrected chi connectivity index (χ4v) is 3.34. The van der Waals surface area contributed by atoms with E-state index < -0.39 is 0 Å². The summed E-state index contributed by atoms with van der Waals surface area (Å²) in [5.74, 6) is 2.66. The first kappa shape index (κ1) is 26.6. The maximum absolute atomic E-state index is 11.9. The summed E-state index contributed by atoms with van der Waals surface area (Å²) in [5, 5.41) is 9.34. The zero-order valence-electron chi connectivity index (χ0n) is 19.4. The van der Waals surface area contributed by atoms with Crippen molar-refractivity contribution in [3.63, 3.8) is 0 Å². The van der Waals surface area contributed by atoms with Gasteiger partial charge in [-0.05, 0) is 44.0 Å². The number of hydrogen-bond acceptors (Lipinski definition) is 5. The third-order valence-corrected chi connectivity index (χ3v) is 4.89. The van der Waals surface area contributed by atoms with E-state index >= 15 is 0 Å². The van der Waals surface area contributed by atoms with Gasteiger partial charge >= 0.3 is 0 Å². The Morgan fingerprint density at radius 2 is 1.88 bits per heavy atom. The summed E-state index contributed by atoms with van der Waals surface area (Å²) in [6.07, 6.45) is 1.59. The largest absolute Gasteiger partial charge is 0.496 e. The van der Waals surface area contributed by atoms with Crippen molar-refractivity contribution in [2.45, 2.75) is 26.7 Å². The zero-order valence-corrected chi connectivity index (χ0v) is 21.7. The highest BCUT2D eigenvalue weighted by Crippen LogP contribution is 2.32. The van der Waals surface area contributed by atoms with Crippen LogP contribution in [0.1, 0.15) is 24.5 Å². The summed E-state index contributed by atoms with van der Waals surface area (Å²) in [4.78, 5) is 16.4. The monoisotopic (exact) mass is 568 g/mol. The number of methoxy groups -OCH3 is 1. The number of halogens is 1. The predicted molar refractivity (Wildman–Crippen MR) is 142 cm³/mol. The maximum Gasteiger partial charge on any atom is 0.241 e. The summed E-state index contributed by atoms with van der Waals surface area (Å²) in [6, 6.07) is 11.8. The van der Waals surface area contributed by atoms with E-state index in [0.717, 1.165) is 35.6 Å². The molecular weight excluding hydrogens is 535 g/mol. The number of benzene rings is 2. The fraction of sp³-hybridized carbons (Fsp3) is 0.417. The molecule has 180 valence electrons. The van der Waals surface area contributed by atoms with E-state index in [0.29, 0.717) is 38.0 Å². The number of rotatable bonds is 8. The highest BCUT2D eigenvalue weighted by molar-refractivity contribution is 14.0. The van der Waals surface area contributed by atoms with E-state index in [9.17, 15) is 4.79 Å². The molecule has 3 N–H and O–H groups in total. The molecule has 1 aliphatic heterocycles. The SMILES string of the molecule is CCNC(=O)CN=C(NCCc1cc(C)ccc1OC)Nc1ccc2c(c1)OCCCO2.I. The molecular formula is C24H33IN4O4. The molecule has 3 rings (SSSR count). The Hall–Kier alpha value is -2.69. The number of aliphatic imine (C=N–C) groups is 1. The minimum atomic E-state index is -0.132. The van der Waals surface area contributed by atoms with E-state index in [2.05, 4.69) is 33.9 Å². The molecule has 8 nitrogen and oxygen atoms in total. The van der Waals surface area contributed by atoms with Crippen LogP contribution in [0.25, 0.3) is 0 Å². The van der Waals surface area contributed by atoms with Gasteiger partial charge in [-0.1, -0.05) is 17.7 Å². The van der Waals surface area contributed by atoms with Crippen molar-refractivity contribution in [1.29, 1.82) is 0 Å². The molecule has 0 radical (unpaired) electrons. The van der Waals surface area contributed by atoms with Gasteiger partial charge in [-0.15, -0.1) is 24.0 Å². The molecule has 2 aromatic rings. The molecule has 2 aromatic carbocycles. The van der Waals surface area contributed by atoms with Crippen LogP contribution in [0.5, 0.6) is 17.2 Å². The normalized spacial score (nSPS) is 12.8. The fourth-order valence-electron chi connectivity index (χ4n) is 3.34. The number of amides is 1. The molecule has 0 spiro atoms. The second-order valence-corrected chi connectivity index (χ2v) is 7.45. The number of carbonyl (C=O) groups excluding carboxylic acids is 1. The summed E-state index contributed by atoms with van der Waals surface area (Å²) in [7, 11) is 1.67. The highest BCUT2D eigenvalue weighted by Gasteiger charge is 2.12. The van der Waals surface area contributed by atoms with Gasteiger partial charge in [0.25, 0.3) is 0 Å². The molecule has 9 heteroatoms. The van der Waals surface area contributed by atoms with E-state index in [1.54, 1.807) is 7.11 Å². The smallest absolute Gasteiger partial charge is 0.241 e. The number of guanidine groups is 1. The zero-order chi connectivity index (χ0) is 22.8. The first-order valence-corrected chi connectivity index (χ1v) is 10.9. The van der Waals surface area contributed by atoms with Crippen molar-refractivity contribution >= 4 is 41.5 Å². The van der Waals surface area contributed by atoms with Crippen LogP contribution < -0.4 is 30.2 Å². The number of nitrogens with zero attached hydrogens (tertiary/aromatic N) is 1. The van der Waals surface area contributed by atoms with Crippen molar-refractivity contribution in [3.8, 4) is 17.2 Å². The molecule has 1 amide bonds. The van der Waals surface area contributed by atoms with Gasteiger partial charge < -0.3 is 30.2 Å². The lowest BCUT2D eigenvalue weighted by molar-refractivity contribution is -0.119. The van der Waals surface area contributed by atoms with Crippen LogP contribution in [-0.2, 0) is 11.2 Å². The van der Waals surface area contributed by atoms with Gasteiger partial charge in [0.15, 0.2) is 17.5 Å². The molecule has 33 heavy (non-hydrogen) atoms. The Bertz CT molecular complexity index is 952. The maximum atomic E-state index is 11.9. The Morgan fingerprint density at radius 3 is 2.64 bits per heavy atom. The second kappa shape index (κ2) is 13.8. The number of carbonyl (C=O) groups is 1. The van der Waals surface area contributed by atoms with Crippen molar-refractivity contribution < 1.29 is 19.0 Å². The molecule has 0 bridgehead atoms. The van der Waals surface area contributed by atoms with Crippen LogP contribution in [0, 0.1) is 6.92 Å². The topological polar surface area (TPSA) is 93.2 Å². The number of fused-ring (bicyclic) bond motifs is 1. The van der Waals surface area contributed by atoms with Crippen molar-refractivity contribution in [1.82, 2.24) is 10.6 Å². The number of likely N-dealkylation sites (N-methyl/N-ethyl adjacent to an activating group) is 1. The molecule has 0 fully saturated rings. The van der Waals surface area contributed by atoms with Crippen LogP contribution in [0.2, 0.25) is 0 Å².